The highest BCUT2D eigenvalue weighted by Crippen LogP contribution is 2.26. The molecule has 1 saturated heterocycles. The van der Waals surface area contributed by atoms with Gasteiger partial charge in [0.05, 0.1) is 6.10 Å². The number of amides is 1. The Morgan fingerprint density at radius 1 is 0.929 bits per heavy atom. The van der Waals surface area contributed by atoms with E-state index >= 15 is 0 Å². The predicted octanol–water partition coefficient (Wildman–Crippen LogP) is 4.30. The summed E-state index contributed by atoms with van der Waals surface area (Å²) in [5.41, 5.74) is 0. The summed E-state index contributed by atoms with van der Waals surface area (Å²) in [5.74, 6) is 0.218. The van der Waals surface area contributed by atoms with Crippen molar-refractivity contribution in [2.24, 2.45) is 0 Å². The molecule has 1 saturated carbocycles. The number of carbonyl (C=O) groups excluding carboxylic acids is 1. The standard InChI is InChI=1S/C20H26F3NO4/c21-20(22,23)28-18-8-6-16(7-9-18)27-17-10-12-24(13-11-17)19(25)14-26-15-4-2-1-3-5-15/h6-9,15,17H,1-5,10-14H2. The summed E-state index contributed by atoms with van der Waals surface area (Å²) < 4.78 is 52.0. The number of alkyl halides is 3. The van der Waals surface area contributed by atoms with E-state index in [1.807, 2.05) is 0 Å². The lowest BCUT2D eigenvalue weighted by Crippen LogP contribution is -2.43. The molecule has 5 nitrogen and oxygen atoms in total. The number of rotatable bonds is 6. The van der Waals surface area contributed by atoms with Crippen LogP contribution in [0.4, 0.5) is 13.2 Å². The normalized spacial score (nSPS) is 19.5. The third-order valence-electron chi connectivity index (χ3n) is 5.15. The third-order valence-corrected chi connectivity index (χ3v) is 5.15. The molecule has 156 valence electrons. The number of halogens is 3. The van der Waals surface area contributed by atoms with Crippen molar-refractivity contribution in [2.75, 3.05) is 19.7 Å². The van der Waals surface area contributed by atoms with Gasteiger partial charge in [0.1, 0.15) is 24.2 Å². The maximum atomic E-state index is 12.3. The van der Waals surface area contributed by atoms with Gasteiger partial charge in [0.25, 0.3) is 0 Å². The maximum Gasteiger partial charge on any atom is 0.573 e. The number of likely N-dealkylation sites (tertiary alicyclic amines) is 1. The lowest BCUT2D eigenvalue weighted by atomic mass is 9.98. The molecule has 1 aromatic carbocycles. The van der Waals surface area contributed by atoms with Crippen molar-refractivity contribution in [1.82, 2.24) is 4.90 Å². The van der Waals surface area contributed by atoms with Gasteiger partial charge in [-0.3, -0.25) is 4.79 Å². The highest BCUT2D eigenvalue weighted by Gasteiger charge is 2.31. The van der Waals surface area contributed by atoms with Gasteiger partial charge in [0.2, 0.25) is 5.91 Å². The number of carbonyl (C=O) groups is 1. The monoisotopic (exact) mass is 401 g/mol. The molecule has 3 rings (SSSR count). The molecule has 0 spiro atoms. The van der Waals surface area contributed by atoms with Crippen molar-refractivity contribution in [3.8, 4) is 11.5 Å². The SMILES string of the molecule is O=C(COC1CCCCC1)N1CCC(Oc2ccc(OC(F)(F)F)cc2)CC1. The van der Waals surface area contributed by atoms with E-state index < -0.39 is 6.36 Å². The van der Waals surface area contributed by atoms with Gasteiger partial charge in [-0.1, -0.05) is 19.3 Å². The van der Waals surface area contributed by atoms with Crippen molar-refractivity contribution in [1.29, 1.82) is 0 Å². The molecular weight excluding hydrogens is 375 g/mol. The van der Waals surface area contributed by atoms with Gasteiger partial charge >= 0.3 is 6.36 Å². The minimum Gasteiger partial charge on any atom is -0.490 e. The van der Waals surface area contributed by atoms with Crippen molar-refractivity contribution >= 4 is 5.91 Å². The summed E-state index contributed by atoms with van der Waals surface area (Å²) in [6.07, 6.45) is 2.45. The van der Waals surface area contributed by atoms with E-state index in [-0.39, 0.29) is 30.5 Å². The van der Waals surface area contributed by atoms with Gasteiger partial charge in [-0.25, -0.2) is 0 Å². The summed E-state index contributed by atoms with van der Waals surface area (Å²) in [4.78, 5) is 14.1. The summed E-state index contributed by atoms with van der Waals surface area (Å²) in [6, 6.07) is 5.36. The lowest BCUT2D eigenvalue weighted by Gasteiger charge is -2.32. The Kier molecular flexibility index (Phi) is 7.04. The van der Waals surface area contributed by atoms with Crippen molar-refractivity contribution < 1.29 is 32.2 Å². The smallest absolute Gasteiger partial charge is 0.490 e. The number of ether oxygens (including phenoxy) is 3. The van der Waals surface area contributed by atoms with Crippen molar-refractivity contribution in [2.45, 2.75) is 63.5 Å². The molecule has 0 N–H and O–H groups in total. The van der Waals surface area contributed by atoms with Crippen LogP contribution in [0.1, 0.15) is 44.9 Å². The van der Waals surface area contributed by atoms with Crippen LogP contribution in [-0.2, 0) is 9.53 Å². The molecule has 0 unspecified atom stereocenters. The van der Waals surface area contributed by atoms with Gasteiger partial charge in [0, 0.05) is 25.9 Å². The number of hydrogen-bond donors (Lipinski definition) is 0. The zero-order chi connectivity index (χ0) is 20.0. The molecule has 8 heteroatoms. The second kappa shape index (κ2) is 9.49. The van der Waals surface area contributed by atoms with E-state index in [2.05, 4.69) is 4.74 Å². The minimum absolute atomic E-state index is 0.0117. The van der Waals surface area contributed by atoms with E-state index in [0.29, 0.717) is 31.7 Å². The molecule has 1 aliphatic heterocycles. The molecule has 1 aliphatic carbocycles. The first-order chi connectivity index (χ1) is 13.4. The second-order valence-corrected chi connectivity index (χ2v) is 7.29. The Morgan fingerprint density at radius 2 is 1.54 bits per heavy atom. The molecule has 2 aliphatic rings. The van der Waals surface area contributed by atoms with Gasteiger partial charge in [-0.15, -0.1) is 13.2 Å². The van der Waals surface area contributed by atoms with Crippen LogP contribution in [0.2, 0.25) is 0 Å². The molecule has 1 amide bonds. The molecule has 28 heavy (non-hydrogen) atoms. The van der Waals surface area contributed by atoms with Crippen molar-refractivity contribution in [3.63, 3.8) is 0 Å². The maximum absolute atomic E-state index is 12.3. The minimum atomic E-state index is -4.71. The zero-order valence-corrected chi connectivity index (χ0v) is 15.7. The second-order valence-electron chi connectivity index (χ2n) is 7.29. The molecule has 2 fully saturated rings. The van der Waals surface area contributed by atoms with Gasteiger partial charge in [0.15, 0.2) is 0 Å². The molecule has 1 aromatic rings. The summed E-state index contributed by atoms with van der Waals surface area (Å²) in [7, 11) is 0. The quantitative estimate of drug-likeness (QED) is 0.713. The lowest BCUT2D eigenvalue weighted by molar-refractivity contribution is -0.274. The van der Waals surface area contributed by atoms with Crippen LogP contribution in [0.5, 0.6) is 11.5 Å². The highest BCUT2D eigenvalue weighted by molar-refractivity contribution is 5.77. The Balaban J connectivity index is 1.38. The topological polar surface area (TPSA) is 48.0 Å². The fourth-order valence-electron chi connectivity index (χ4n) is 3.65. The van der Waals surface area contributed by atoms with E-state index in [4.69, 9.17) is 9.47 Å². The molecule has 0 aromatic heterocycles. The van der Waals surface area contributed by atoms with E-state index in [1.54, 1.807) is 4.90 Å². The summed E-state index contributed by atoms with van der Waals surface area (Å²) >= 11 is 0. The number of hydrogen-bond acceptors (Lipinski definition) is 4. The highest BCUT2D eigenvalue weighted by atomic mass is 19.4. The van der Waals surface area contributed by atoms with Gasteiger partial charge < -0.3 is 19.1 Å². The van der Waals surface area contributed by atoms with Gasteiger partial charge in [-0.2, -0.15) is 0 Å². The number of nitrogens with zero attached hydrogens (tertiary/aromatic N) is 1. The van der Waals surface area contributed by atoms with Crippen LogP contribution in [0.15, 0.2) is 24.3 Å². The van der Waals surface area contributed by atoms with Crippen molar-refractivity contribution in [3.05, 3.63) is 24.3 Å². The van der Waals surface area contributed by atoms with Gasteiger partial charge in [-0.05, 0) is 37.1 Å². The van der Waals surface area contributed by atoms with Crippen LogP contribution < -0.4 is 9.47 Å². The molecule has 0 bridgehead atoms. The zero-order valence-electron chi connectivity index (χ0n) is 15.7. The Labute approximate surface area is 162 Å². The summed E-state index contributed by atoms with van der Waals surface area (Å²) in [5, 5.41) is 0. The van der Waals surface area contributed by atoms with E-state index in [0.717, 1.165) is 12.8 Å². The Hall–Kier alpha value is -1.96. The molecular formula is C20H26F3NO4. The number of piperidine rings is 1. The first kappa shape index (κ1) is 20.8. The summed E-state index contributed by atoms with van der Waals surface area (Å²) in [6.45, 7) is 1.32. The molecule has 1 heterocycles. The fourth-order valence-corrected chi connectivity index (χ4v) is 3.65. The number of benzene rings is 1. The predicted molar refractivity (Wildman–Crippen MR) is 96.2 cm³/mol. The average Bonchev–Trinajstić information content (AvgIpc) is 2.68. The van der Waals surface area contributed by atoms with E-state index in [9.17, 15) is 18.0 Å². The first-order valence-electron chi connectivity index (χ1n) is 9.81. The average molecular weight is 401 g/mol. The van der Waals surface area contributed by atoms with E-state index in [1.165, 1.54) is 43.5 Å². The Bertz CT molecular complexity index is 621. The molecule has 0 atom stereocenters. The Morgan fingerprint density at radius 3 is 2.14 bits per heavy atom. The largest absolute Gasteiger partial charge is 0.573 e. The van der Waals surface area contributed by atoms with Crippen LogP contribution in [-0.4, -0.2) is 49.1 Å². The first-order valence-corrected chi connectivity index (χ1v) is 9.81. The van der Waals surface area contributed by atoms with Crippen LogP contribution in [0.25, 0.3) is 0 Å². The third kappa shape index (κ3) is 6.58. The van der Waals surface area contributed by atoms with Crippen LogP contribution >= 0.6 is 0 Å². The molecule has 0 radical (unpaired) electrons. The fraction of sp³-hybridized carbons (Fsp3) is 0.650. The van der Waals surface area contributed by atoms with Crippen LogP contribution in [0.3, 0.4) is 0 Å². The van der Waals surface area contributed by atoms with Crippen LogP contribution in [0, 0.1) is 0 Å².